The van der Waals surface area contributed by atoms with Gasteiger partial charge in [-0.15, -0.1) is 0 Å². The Balaban J connectivity index is 1.74. The van der Waals surface area contributed by atoms with E-state index in [1.165, 1.54) is 12.1 Å². The lowest BCUT2D eigenvalue weighted by atomic mass is 10.2. The van der Waals surface area contributed by atoms with Crippen molar-refractivity contribution in [2.45, 2.75) is 13.1 Å². The van der Waals surface area contributed by atoms with Gasteiger partial charge < -0.3 is 10.6 Å². The maximum atomic E-state index is 12.7. The van der Waals surface area contributed by atoms with Crippen LogP contribution in [0.15, 0.2) is 48.7 Å². The van der Waals surface area contributed by atoms with E-state index in [-0.39, 0.29) is 11.8 Å². The van der Waals surface area contributed by atoms with Crippen LogP contribution in [0.3, 0.4) is 0 Å². The van der Waals surface area contributed by atoms with Gasteiger partial charge in [-0.1, -0.05) is 18.2 Å². The number of pyridine rings is 1. The molecule has 1 aromatic carbocycles. The Morgan fingerprint density at radius 2 is 1.79 bits per heavy atom. The highest BCUT2D eigenvalue weighted by molar-refractivity contribution is 5.73. The number of rotatable bonds is 4. The molecule has 1 aromatic heterocycles. The van der Waals surface area contributed by atoms with Gasteiger partial charge in [0.2, 0.25) is 0 Å². The third kappa shape index (κ3) is 4.39. The molecule has 0 atom stereocenters. The Bertz CT molecular complexity index is 528. The van der Waals surface area contributed by atoms with Crippen LogP contribution in [0.2, 0.25) is 0 Å². The molecule has 98 valence electrons. The second-order valence-electron chi connectivity index (χ2n) is 3.98. The van der Waals surface area contributed by atoms with E-state index in [2.05, 4.69) is 15.6 Å². The Morgan fingerprint density at radius 3 is 2.47 bits per heavy atom. The first-order valence-corrected chi connectivity index (χ1v) is 5.90. The smallest absolute Gasteiger partial charge is 0.315 e. The number of carbonyl (C=O) groups excluding carboxylic acids is 1. The molecule has 2 rings (SSSR count). The maximum absolute atomic E-state index is 12.7. The Hall–Kier alpha value is -2.43. The topological polar surface area (TPSA) is 54.0 Å². The van der Waals surface area contributed by atoms with E-state index in [1.807, 2.05) is 18.2 Å². The SMILES string of the molecule is O=C(NCc1ccc(F)cc1)NCc1ccccn1. The predicted molar refractivity (Wildman–Crippen MR) is 69.7 cm³/mol. The van der Waals surface area contributed by atoms with Crippen LogP contribution in [0, 0.1) is 5.82 Å². The van der Waals surface area contributed by atoms with Crippen molar-refractivity contribution < 1.29 is 9.18 Å². The van der Waals surface area contributed by atoms with Crippen molar-refractivity contribution >= 4 is 6.03 Å². The van der Waals surface area contributed by atoms with Crippen LogP contribution < -0.4 is 10.6 Å². The van der Waals surface area contributed by atoms with E-state index >= 15 is 0 Å². The first-order valence-electron chi connectivity index (χ1n) is 5.90. The van der Waals surface area contributed by atoms with Crippen molar-refractivity contribution in [2.24, 2.45) is 0 Å². The monoisotopic (exact) mass is 259 g/mol. The molecule has 0 fully saturated rings. The molecule has 0 bridgehead atoms. The molecule has 0 saturated heterocycles. The molecule has 2 amide bonds. The summed E-state index contributed by atoms with van der Waals surface area (Å²) >= 11 is 0. The highest BCUT2D eigenvalue weighted by atomic mass is 19.1. The molecule has 0 aliphatic carbocycles. The van der Waals surface area contributed by atoms with E-state index in [0.29, 0.717) is 13.1 Å². The highest BCUT2D eigenvalue weighted by Gasteiger charge is 2.01. The number of benzene rings is 1. The number of nitrogens with one attached hydrogen (secondary N) is 2. The molecule has 0 saturated carbocycles. The van der Waals surface area contributed by atoms with Crippen LogP contribution in [0.5, 0.6) is 0 Å². The standard InChI is InChI=1S/C14H14FN3O/c15-12-6-4-11(5-7-12)9-17-14(19)18-10-13-3-1-2-8-16-13/h1-8H,9-10H2,(H2,17,18,19). The van der Waals surface area contributed by atoms with Gasteiger partial charge in [-0.2, -0.15) is 0 Å². The normalized spacial score (nSPS) is 9.95. The number of aromatic nitrogens is 1. The average Bonchev–Trinajstić information content (AvgIpc) is 2.45. The quantitative estimate of drug-likeness (QED) is 0.884. The van der Waals surface area contributed by atoms with Crippen molar-refractivity contribution in [2.75, 3.05) is 0 Å². The van der Waals surface area contributed by atoms with Crippen LogP contribution in [0.25, 0.3) is 0 Å². The molecule has 0 aliphatic heterocycles. The van der Waals surface area contributed by atoms with Gasteiger partial charge in [-0.05, 0) is 29.8 Å². The summed E-state index contributed by atoms with van der Waals surface area (Å²) in [4.78, 5) is 15.6. The molecule has 0 unspecified atom stereocenters. The van der Waals surface area contributed by atoms with Gasteiger partial charge in [0, 0.05) is 12.7 Å². The largest absolute Gasteiger partial charge is 0.334 e. The summed E-state index contributed by atoms with van der Waals surface area (Å²) in [6, 6.07) is 11.2. The van der Waals surface area contributed by atoms with Gasteiger partial charge in [0.15, 0.2) is 0 Å². The summed E-state index contributed by atoms with van der Waals surface area (Å²) in [6.45, 7) is 0.727. The molecule has 4 nitrogen and oxygen atoms in total. The van der Waals surface area contributed by atoms with Crippen LogP contribution in [-0.4, -0.2) is 11.0 Å². The third-order valence-corrected chi connectivity index (χ3v) is 2.52. The van der Waals surface area contributed by atoms with E-state index in [0.717, 1.165) is 11.3 Å². The number of nitrogens with zero attached hydrogens (tertiary/aromatic N) is 1. The predicted octanol–water partition coefficient (Wildman–Crippen LogP) is 2.22. The van der Waals surface area contributed by atoms with Crippen molar-refractivity contribution in [3.8, 4) is 0 Å². The van der Waals surface area contributed by atoms with E-state index < -0.39 is 0 Å². The Morgan fingerprint density at radius 1 is 1.05 bits per heavy atom. The Labute approximate surface area is 110 Å². The molecular formula is C14H14FN3O. The first kappa shape index (κ1) is 13.0. The second kappa shape index (κ2) is 6.49. The molecule has 0 spiro atoms. The highest BCUT2D eigenvalue weighted by Crippen LogP contribution is 2.01. The van der Waals surface area contributed by atoms with Gasteiger partial charge >= 0.3 is 6.03 Å². The zero-order chi connectivity index (χ0) is 13.5. The molecule has 1 heterocycles. The second-order valence-corrected chi connectivity index (χ2v) is 3.98. The molecule has 0 radical (unpaired) electrons. The third-order valence-electron chi connectivity index (χ3n) is 2.52. The molecule has 2 N–H and O–H groups in total. The van der Waals surface area contributed by atoms with Crippen molar-refractivity contribution in [3.63, 3.8) is 0 Å². The minimum atomic E-state index is -0.289. The number of hydrogen-bond acceptors (Lipinski definition) is 2. The number of hydrogen-bond donors (Lipinski definition) is 2. The number of amides is 2. The lowest BCUT2D eigenvalue weighted by molar-refractivity contribution is 0.240. The number of urea groups is 1. The summed E-state index contributed by atoms with van der Waals surface area (Å²) in [6.07, 6.45) is 1.67. The zero-order valence-corrected chi connectivity index (χ0v) is 10.3. The summed E-state index contributed by atoms with van der Waals surface area (Å²) in [5, 5.41) is 5.38. The molecule has 0 aliphatic rings. The Kier molecular flexibility index (Phi) is 4.44. The van der Waals surface area contributed by atoms with Crippen LogP contribution in [0.4, 0.5) is 9.18 Å². The molecule has 2 aromatic rings. The maximum Gasteiger partial charge on any atom is 0.315 e. The van der Waals surface area contributed by atoms with Crippen molar-refractivity contribution in [1.82, 2.24) is 15.6 Å². The first-order chi connectivity index (χ1) is 9.24. The van der Waals surface area contributed by atoms with Crippen LogP contribution in [0.1, 0.15) is 11.3 Å². The van der Waals surface area contributed by atoms with Crippen molar-refractivity contribution in [1.29, 1.82) is 0 Å². The van der Waals surface area contributed by atoms with E-state index in [4.69, 9.17) is 0 Å². The summed E-state index contributed by atoms with van der Waals surface area (Å²) < 4.78 is 12.7. The number of carbonyl (C=O) groups is 1. The molecule has 19 heavy (non-hydrogen) atoms. The molecule has 5 heteroatoms. The summed E-state index contributed by atoms with van der Waals surface area (Å²) in [5.74, 6) is -0.289. The lowest BCUT2D eigenvalue weighted by Crippen LogP contribution is -2.34. The van der Waals surface area contributed by atoms with Crippen LogP contribution in [-0.2, 0) is 13.1 Å². The summed E-state index contributed by atoms with van der Waals surface area (Å²) in [7, 11) is 0. The van der Waals surface area contributed by atoms with Gasteiger partial charge in [0.1, 0.15) is 5.82 Å². The van der Waals surface area contributed by atoms with E-state index in [9.17, 15) is 9.18 Å². The van der Waals surface area contributed by atoms with Crippen LogP contribution >= 0.6 is 0 Å². The fourth-order valence-corrected chi connectivity index (χ4v) is 1.52. The van der Waals surface area contributed by atoms with Crippen molar-refractivity contribution in [3.05, 3.63) is 65.7 Å². The summed E-state index contributed by atoms with van der Waals surface area (Å²) in [5.41, 5.74) is 1.63. The van der Waals surface area contributed by atoms with Gasteiger partial charge in [0.05, 0.1) is 12.2 Å². The fraction of sp³-hybridized carbons (Fsp3) is 0.143. The fourth-order valence-electron chi connectivity index (χ4n) is 1.52. The zero-order valence-electron chi connectivity index (χ0n) is 10.3. The van der Waals surface area contributed by atoms with Gasteiger partial charge in [-0.25, -0.2) is 9.18 Å². The minimum absolute atomic E-state index is 0.282. The molecular weight excluding hydrogens is 245 g/mol. The van der Waals surface area contributed by atoms with Gasteiger partial charge in [-0.3, -0.25) is 4.98 Å². The van der Waals surface area contributed by atoms with Gasteiger partial charge in [0.25, 0.3) is 0 Å². The lowest BCUT2D eigenvalue weighted by Gasteiger charge is -2.07. The number of halogens is 1. The minimum Gasteiger partial charge on any atom is -0.334 e. The van der Waals surface area contributed by atoms with E-state index in [1.54, 1.807) is 18.3 Å². The average molecular weight is 259 g/mol.